The van der Waals surface area contributed by atoms with Gasteiger partial charge in [-0.3, -0.25) is 4.79 Å². The van der Waals surface area contributed by atoms with Gasteiger partial charge >= 0.3 is 5.97 Å². The largest absolute Gasteiger partial charge is 0.512 e. The minimum Gasteiger partial charge on any atom is -0.512 e. The van der Waals surface area contributed by atoms with Gasteiger partial charge in [0.15, 0.2) is 0 Å². The van der Waals surface area contributed by atoms with Gasteiger partial charge in [0.2, 0.25) is 0 Å². The molecule has 1 aliphatic carbocycles. The zero-order valence-corrected chi connectivity index (χ0v) is 10.2. The number of carbonyl (C=O) groups is 1. The molecule has 0 amide bonds. The summed E-state index contributed by atoms with van der Waals surface area (Å²) in [6, 6.07) is 0. The van der Waals surface area contributed by atoms with Crippen LogP contribution in [0, 0.1) is 0 Å². The number of rotatable bonds is 7. The van der Waals surface area contributed by atoms with Gasteiger partial charge in [0, 0.05) is 17.9 Å². The van der Waals surface area contributed by atoms with Crippen LogP contribution in [-0.4, -0.2) is 27.7 Å². The fraction of sp³-hybridized carbons (Fsp3) is 0.700. The first-order valence-electron chi connectivity index (χ1n) is 5.06. The number of carboxylic acids is 1. The molecule has 0 saturated heterocycles. The zero-order chi connectivity index (χ0) is 11.1. The van der Waals surface area contributed by atoms with Gasteiger partial charge < -0.3 is 10.2 Å². The molecule has 0 aliphatic heterocycles. The van der Waals surface area contributed by atoms with E-state index in [1.165, 1.54) is 12.0 Å². The highest BCUT2D eigenvalue weighted by Gasteiger charge is 2.13. The number of carboxylic acid groups (broad SMARTS) is 1. The van der Waals surface area contributed by atoms with Crippen molar-refractivity contribution < 1.29 is 15.0 Å². The van der Waals surface area contributed by atoms with Gasteiger partial charge in [-0.25, -0.2) is 0 Å². The maximum absolute atomic E-state index is 10.2. The van der Waals surface area contributed by atoms with E-state index in [0.29, 0.717) is 11.5 Å². The molecule has 0 aromatic carbocycles. The summed E-state index contributed by atoms with van der Waals surface area (Å²) in [5.74, 6) is 1.31. The molecule has 0 heterocycles. The lowest BCUT2D eigenvalue weighted by Crippen LogP contribution is -2.02. The molecule has 0 spiro atoms. The second-order valence-corrected chi connectivity index (χ2v) is 6.14. The van der Waals surface area contributed by atoms with Gasteiger partial charge in [-0.05, 0) is 24.8 Å². The first-order chi connectivity index (χ1) is 7.20. The van der Waals surface area contributed by atoms with Crippen molar-refractivity contribution in [1.29, 1.82) is 0 Å². The maximum atomic E-state index is 10.2. The molecule has 0 bridgehead atoms. The van der Waals surface area contributed by atoms with E-state index in [-0.39, 0.29) is 6.42 Å². The van der Waals surface area contributed by atoms with Gasteiger partial charge in [0.25, 0.3) is 0 Å². The Labute approximate surface area is 97.7 Å². The highest BCUT2D eigenvalue weighted by atomic mass is 33.1. The van der Waals surface area contributed by atoms with Crippen LogP contribution in [0.25, 0.3) is 0 Å². The van der Waals surface area contributed by atoms with Crippen LogP contribution in [0.2, 0.25) is 0 Å². The van der Waals surface area contributed by atoms with Crippen molar-refractivity contribution in [2.45, 2.75) is 32.1 Å². The predicted molar refractivity (Wildman–Crippen MR) is 65.3 cm³/mol. The Morgan fingerprint density at radius 1 is 1.13 bits per heavy atom. The van der Waals surface area contributed by atoms with Crippen LogP contribution in [0.15, 0.2) is 11.3 Å². The van der Waals surface area contributed by atoms with Gasteiger partial charge in [-0.1, -0.05) is 21.6 Å². The highest BCUT2D eigenvalue weighted by molar-refractivity contribution is 8.76. The fourth-order valence-electron chi connectivity index (χ4n) is 1.20. The molecular formula is C10H16O3S2. The van der Waals surface area contributed by atoms with Gasteiger partial charge in [0.1, 0.15) is 0 Å². The molecular weight excluding hydrogens is 232 g/mol. The smallest absolute Gasteiger partial charge is 0.304 e. The molecule has 15 heavy (non-hydrogen) atoms. The molecule has 0 atom stereocenters. The Hall–Kier alpha value is -0.290. The van der Waals surface area contributed by atoms with Gasteiger partial charge in [-0.15, -0.1) is 0 Å². The van der Waals surface area contributed by atoms with Crippen LogP contribution >= 0.6 is 21.6 Å². The van der Waals surface area contributed by atoms with Gasteiger partial charge in [-0.2, -0.15) is 0 Å². The number of hydrogen-bond donors (Lipinski definition) is 2. The van der Waals surface area contributed by atoms with Gasteiger partial charge in [0.05, 0.1) is 12.2 Å². The van der Waals surface area contributed by atoms with Crippen molar-refractivity contribution in [3.8, 4) is 0 Å². The predicted octanol–water partition coefficient (Wildman–Crippen LogP) is 3.23. The summed E-state index contributed by atoms with van der Waals surface area (Å²) >= 11 is 0. The van der Waals surface area contributed by atoms with Crippen molar-refractivity contribution in [3.05, 3.63) is 11.3 Å². The lowest BCUT2D eigenvalue weighted by atomic mass is 9.91. The summed E-state index contributed by atoms with van der Waals surface area (Å²) in [6.07, 6.45) is 4.26. The molecule has 0 aromatic heterocycles. The number of aliphatic hydroxyl groups is 1. The van der Waals surface area contributed by atoms with Crippen molar-refractivity contribution in [2.24, 2.45) is 0 Å². The molecule has 86 valence electrons. The van der Waals surface area contributed by atoms with Crippen molar-refractivity contribution in [2.75, 3.05) is 11.5 Å². The molecule has 1 aliphatic rings. The molecule has 1 fully saturated rings. The molecule has 0 aromatic rings. The molecule has 2 N–H and O–H groups in total. The van der Waals surface area contributed by atoms with E-state index in [9.17, 15) is 9.90 Å². The minimum atomic E-state index is -0.748. The number of aliphatic carboxylic acids is 1. The maximum Gasteiger partial charge on any atom is 0.304 e. The van der Waals surface area contributed by atoms with E-state index in [1.54, 1.807) is 21.6 Å². The van der Waals surface area contributed by atoms with E-state index in [4.69, 9.17) is 5.11 Å². The topological polar surface area (TPSA) is 57.5 Å². The number of allylic oxidation sites excluding steroid dienone is 2. The quantitative estimate of drug-likeness (QED) is 0.411. The Bertz CT molecular complexity index is 245. The lowest BCUT2D eigenvalue weighted by molar-refractivity contribution is -0.136. The first-order valence-corrected chi connectivity index (χ1v) is 7.55. The summed E-state index contributed by atoms with van der Waals surface area (Å²) in [6.45, 7) is 0. The van der Waals surface area contributed by atoms with Crippen LogP contribution in [0.4, 0.5) is 0 Å². The average molecular weight is 248 g/mol. The highest BCUT2D eigenvalue weighted by Crippen LogP contribution is 2.30. The molecule has 0 radical (unpaired) electrons. The van der Waals surface area contributed by atoms with Crippen LogP contribution in [0.5, 0.6) is 0 Å². The normalized spacial score (nSPS) is 14.8. The molecule has 3 nitrogen and oxygen atoms in total. The monoisotopic (exact) mass is 248 g/mol. The lowest BCUT2D eigenvalue weighted by Gasteiger charge is -2.18. The zero-order valence-electron chi connectivity index (χ0n) is 8.57. The Kier molecular flexibility index (Phi) is 6.02. The van der Waals surface area contributed by atoms with E-state index in [2.05, 4.69) is 0 Å². The summed E-state index contributed by atoms with van der Waals surface area (Å²) < 4.78 is 0. The molecule has 1 rings (SSSR count). The van der Waals surface area contributed by atoms with Crippen LogP contribution in [0.3, 0.4) is 0 Å². The fourth-order valence-corrected chi connectivity index (χ4v) is 3.18. The molecule has 0 unspecified atom stereocenters. The van der Waals surface area contributed by atoms with Crippen LogP contribution < -0.4 is 0 Å². The van der Waals surface area contributed by atoms with E-state index >= 15 is 0 Å². The van der Waals surface area contributed by atoms with E-state index in [0.717, 1.165) is 25.0 Å². The third kappa shape index (κ3) is 5.37. The Balaban J connectivity index is 1.95. The first kappa shape index (κ1) is 12.8. The Morgan fingerprint density at radius 2 is 1.73 bits per heavy atom. The second kappa shape index (κ2) is 7.06. The second-order valence-electron chi connectivity index (χ2n) is 3.44. The SMILES string of the molecule is O=C(O)CCSSCCC(O)=C1CCC1. The van der Waals surface area contributed by atoms with Crippen LogP contribution in [0.1, 0.15) is 32.1 Å². The number of aliphatic hydroxyl groups excluding tert-OH is 1. The van der Waals surface area contributed by atoms with Crippen molar-refractivity contribution in [1.82, 2.24) is 0 Å². The third-order valence-electron chi connectivity index (χ3n) is 2.27. The summed E-state index contributed by atoms with van der Waals surface area (Å²) in [4.78, 5) is 10.2. The standard InChI is InChI=1S/C10H16O3S2/c11-9(8-2-1-3-8)4-6-14-15-7-5-10(12)13/h11H,1-7H2,(H,12,13). The summed E-state index contributed by atoms with van der Waals surface area (Å²) in [7, 11) is 3.20. The van der Waals surface area contributed by atoms with Crippen LogP contribution in [-0.2, 0) is 4.79 Å². The Morgan fingerprint density at radius 3 is 2.20 bits per heavy atom. The summed E-state index contributed by atoms with van der Waals surface area (Å²) in [5, 5.41) is 18.0. The summed E-state index contributed by atoms with van der Waals surface area (Å²) in [5.41, 5.74) is 1.21. The number of hydrogen-bond acceptors (Lipinski definition) is 4. The minimum absolute atomic E-state index is 0.213. The van der Waals surface area contributed by atoms with E-state index in [1.807, 2.05) is 0 Å². The third-order valence-corrected chi connectivity index (χ3v) is 4.68. The van der Waals surface area contributed by atoms with E-state index < -0.39 is 5.97 Å². The average Bonchev–Trinajstić information content (AvgIpc) is 2.07. The van der Waals surface area contributed by atoms with Crippen molar-refractivity contribution >= 4 is 27.6 Å². The molecule has 5 heteroatoms. The molecule has 1 saturated carbocycles. The van der Waals surface area contributed by atoms with Crippen molar-refractivity contribution in [3.63, 3.8) is 0 Å².